The number of aliphatic hydroxyl groups excluding tert-OH is 1. The minimum absolute atomic E-state index is 0.134. The van der Waals surface area contributed by atoms with Gasteiger partial charge in [0, 0.05) is 5.54 Å². The SMILES string of the molecule is CC(C)(C)NC(=O)C(O)c1cc(Cl)nc(Cl)c1. The van der Waals surface area contributed by atoms with Gasteiger partial charge in [0.15, 0.2) is 6.10 Å². The molecule has 4 nitrogen and oxygen atoms in total. The minimum atomic E-state index is -1.31. The number of aliphatic hydroxyl groups is 1. The van der Waals surface area contributed by atoms with Crippen LogP contribution in [0.1, 0.15) is 32.4 Å². The van der Waals surface area contributed by atoms with E-state index in [2.05, 4.69) is 10.3 Å². The van der Waals surface area contributed by atoms with Crippen molar-refractivity contribution < 1.29 is 9.90 Å². The van der Waals surface area contributed by atoms with Gasteiger partial charge in [0.25, 0.3) is 5.91 Å². The van der Waals surface area contributed by atoms with Crippen LogP contribution in [0, 0.1) is 0 Å². The van der Waals surface area contributed by atoms with Crippen LogP contribution in [-0.4, -0.2) is 21.5 Å². The summed E-state index contributed by atoms with van der Waals surface area (Å²) in [5, 5.41) is 12.8. The second kappa shape index (κ2) is 5.21. The molecule has 0 radical (unpaired) electrons. The third kappa shape index (κ3) is 4.50. The molecule has 17 heavy (non-hydrogen) atoms. The minimum Gasteiger partial charge on any atom is -0.378 e. The molecule has 1 unspecified atom stereocenters. The van der Waals surface area contributed by atoms with E-state index >= 15 is 0 Å². The first-order valence-corrected chi connectivity index (χ1v) is 5.78. The van der Waals surface area contributed by atoms with E-state index in [1.807, 2.05) is 20.8 Å². The fourth-order valence-corrected chi connectivity index (χ4v) is 1.71. The average Bonchev–Trinajstić information content (AvgIpc) is 2.12. The Hall–Kier alpha value is -0.840. The molecule has 0 aliphatic carbocycles. The average molecular weight is 277 g/mol. The van der Waals surface area contributed by atoms with E-state index in [4.69, 9.17) is 23.2 Å². The number of aromatic nitrogens is 1. The number of nitrogens with zero attached hydrogens (tertiary/aromatic N) is 1. The molecule has 6 heteroatoms. The van der Waals surface area contributed by atoms with Gasteiger partial charge in [-0.3, -0.25) is 4.79 Å². The molecular formula is C11H14Cl2N2O2. The number of carbonyl (C=O) groups is 1. The van der Waals surface area contributed by atoms with Crippen LogP contribution < -0.4 is 5.32 Å². The summed E-state index contributed by atoms with van der Waals surface area (Å²) in [5.41, 5.74) is -0.102. The number of carbonyl (C=O) groups excluding carboxylic acids is 1. The van der Waals surface area contributed by atoms with Crippen molar-refractivity contribution in [2.24, 2.45) is 0 Å². The fourth-order valence-electron chi connectivity index (χ4n) is 1.23. The maximum Gasteiger partial charge on any atom is 0.253 e. The van der Waals surface area contributed by atoms with Gasteiger partial charge in [-0.2, -0.15) is 0 Å². The van der Waals surface area contributed by atoms with E-state index in [1.165, 1.54) is 12.1 Å². The van der Waals surface area contributed by atoms with Gasteiger partial charge in [0.1, 0.15) is 10.3 Å². The summed E-state index contributed by atoms with van der Waals surface area (Å²) < 4.78 is 0. The molecule has 0 aromatic carbocycles. The summed E-state index contributed by atoms with van der Waals surface area (Å²) >= 11 is 11.4. The number of hydrogen-bond acceptors (Lipinski definition) is 3. The Morgan fingerprint density at radius 1 is 1.35 bits per heavy atom. The molecule has 0 aliphatic heterocycles. The highest BCUT2D eigenvalue weighted by molar-refractivity contribution is 6.32. The standard InChI is InChI=1S/C11H14Cl2N2O2/c1-11(2,3)15-10(17)9(16)6-4-7(12)14-8(13)5-6/h4-5,9,16H,1-3H3,(H,15,17). The van der Waals surface area contributed by atoms with Crippen LogP contribution in [0.2, 0.25) is 10.3 Å². The summed E-state index contributed by atoms with van der Waals surface area (Å²) in [5.74, 6) is -0.504. The summed E-state index contributed by atoms with van der Waals surface area (Å²) in [6.45, 7) is 5.47. The lowest BCUT2D eigenvalue weighted by atomic mass is 10.1. The van der Waals surface area contributed by atoms with Crippen molar-refractivity contribution >= 4 is 29.1 Å². The van der Waals surface area contributed by atoms with Crippen LogP contribution in [0.15, 0.2) is 12.1 Å². The Morgan fingerprint density at radius 2 is 1.82 bits per heavy atom. The first-order valence-electron chi connectivity index (χ1n) is 5.02. The quantitative estimate of drug-likeness (QED) is 0.815. The third-order valence-corrected chi connectivity index (χ3v) is 2.23. The largest absolute Gasteiger partial charge is 0.378 e. The molecule has 1 atom stereocenters. The number of amides is 1. The molecule has 2 N–H and O–H groups in total. The molecule has 1 rings (SSSR count). The molecule has 1 aromatic rings. The maximum absolute atomic E-state index is 11.7. The molecule has 0 saturated carbocycles. The Morgan fingerprint density at radius 3 is 2.24 bits per heavy atom. The van der Waals surface area contributed by atoms with Gasteiger partial charge in [-0.05, 0) is 38.5 Å². The van der Waals surface area contributed by atoms with E-state index in [-0.39, 0.29) is 10.3 Å². The number of halogens is 2. The first-order chi connectivity index (χ1) is 7.69. The van der Waals surface area contributed by atoms with Crippen LogP contribution in [-0.2, 0) is 4.79 Å². The van der Waals surface area contributed by atoms with E-state index in [0.717, 1.165) is 0 Å². The summed E-state index contributed by atoms with van der Waals surface area (Å²) in [7, 11) is 0. The van der Waals surface area contributed by atoms with Crippen LogP contribution in [0.25, 0.3) is 0 Å². The van der Waals surface area contributed by atoms with Crippen molar-refractivity contribution in [3.05, 3.63) is 28.0 Å². The van der Waals surface area contributed by atoms with Gasteiger partial charge in [0.2, 0.25) is 0 Å². The molecule has 1 amide bonds. The van der Waals surface area contributed by atoms with Crippen LogP contribution in [0.5, 0.6) is 0 Å². The predicted molar refractivity (Wildman–Crippen MR) is 67.1 cm³/mol. The zero-order chi connectivity index (χ0) is 13.2. The van der Waals surface area contributed by atoms with Crippen molar-refractivity contribution in [2.45, 2.75) is 32.4 Å². The number of rotatable bonds is 2. The molecule has 1 heterocycles. The number of pyridine rings is 1. The zero-order valence-corrected chi connectivity index (χ0v) is 11.3. The Bertz CT molecular complexity index is 410. The van der Waals surface area contributed by atoms with Crippen LogP contribution >= 0.6 is 23.2 Å². The van der Waals surface area contributed by atoms with Gasteiger partial charge in [-0.1, -0.05) is 23.2 Å². The topological polar surface area (TPSA) is 62.2 Å². The highest BCUT2D eigenvalue weighted by Crippen LogP contribution is 2.21. The van der Waals surface area contributed by atoms with Crippen molar-refractivity contribution in [2.75, 3.05) is 0 Å². The molecule has 94 valence electrons. The van der Waals surface area contributed by atoms with Gasteiger partial charge >= 0.3 is 0 Å². The summed E-state index contributed by atoms with van der Waals surface area (Å²) in [4.78, 5) is 15.5. The van der Waals surface area contributed by atoms with Crippen LogP contribution in [0.4, 0.5) is 0 Å². The molecule has 1 aromatic heterocycles. The van der Waals surface area contributed by atoms with Gasteiger partial charge < -0.3 is 10.4 Å². The lowest BCUT2D eigenvalue weighted by Gasteiger charge is -2.22. The lowest BCUT2D eigenvalue weighted by molar-refractivity contribution is -0.131. The first kappa shape index (κ1) is 14.2. The smallest absolute Gasteiger partial charge is 0.253 e. The molecule has 0 bridgehead atoms. The highest BCUT2D eigenvalue weighted by Gasteiger charge is 2.22. The molecule has 0 aliphatic rings. The molecule has 0 fully saturated rings. The zero-order valence-electron chi connectivity index (χ0n) is 9.79. The predicted octanol–water partition coefficient (Wildman–Crippen LogP) is 2.34. The molecule has 0 spiro atoms. The third-order valence-electron chi connectivity index (χ3n) is 1.85. The normalized spacial score (nSPS) is 13.3. The van der Waals surface area contributed by atoms with Crippen molar-refractivity contribution in [3.8, 4) is 0 Å². The highest BCUT2D eigenvalue weighted by atomic mass is 35.5. The fraction of sp³-hybridized carbons (Fsp3) is 0.455. The second-order valence-electron chi connectivity index (χ2n) is 4.69. The van der Waals surface area contributed by atoms with E-state index in [1.54, 1.807) is 0 Å². The monoisotopic (exact) mass is 276 g/mol. The van der Waals surface area contributed by atoms with E-state index in [0.29, 0.717) is 5.56 Å². The Balaban J connectivity index is 2.89. The van der Waals surface area contributed by atoms with Gasteiger partial charge in [-0.25, -0.2) is 4.98 Å². The number of nitrogens with one attached hydrogen (secondary N) is 1. The van der Waals surface area contributed by atoms with E-state index < -0.39 is 17.6 Å². The lowest BCUT2D eigenvalue weighted by Crippen LogP contribution is -2.43. The number of hydrogen-bond donors (Lipinski definition) is 2. The maximum atomic E-state index is 11.7. The molecule has 0 saturated heterocycles. The Labute approximate surface area is 110 Å². The van der Waals surface area contributed by atoms with Crippen molar-refractivity contribution in [3.63, 3.8) is 0 Å². The second-order valence-corrected chi connectivity index (χ2v) is 5.46. The van der Waals surface area contributed by atoms with Crippen molar-refractivity contribution in [1.29, 1.82) is 0 Å². The Kier molecular flexibility index (Phi) is 4.36. The van der Waals surface area contributed by atoms with E-state index in [9.17, 15) is 9.90 Å². The van der Waals surface area contributed by atoms with Gasteiger partial charge in [-0.15, -0.1) is 0 Å². The van der Waals surface area contributed by atoms with Gasteiger partial charge in [0.05, 0.1) is 0 Å². The van der Waals surface area contributed by atoms with Crippen molar-refractivity contribution in [1.82, 2.24) is 10.3 Å². The summed E-state index contributed by atoms with van der Waals surface area (Å²) in [6, 6.07) is 2.81. The van der Waals surface area contributed by atoms with Crippen LogP contribution in [0.3, 0.4) is 0 Å². The molecular weight excluding hydrogens is 263 g/mol. The summed E-state index contributed by atoms with van der Waals surface area (Å²) in [6.07, 6.45) is -1.31.